The van der Waals surface area contributed by atoms with Gasteiger partial charge in [-0.25, -0.2) is 0 Å². The van der Waals surface area contributed by atoms with Crippen LogP contribution >= 0.6 is 11.3 Å². The minimum atomic E-state index is 0.744. The Labute approximate surface area is 209 Å². The molecule has 0 amide bonds. The number of hydrogen-bond donors (Lipinski definition) is 1. The summed E-state index contributed by atoms with van der Waals surface area (Å²) in [6, 6.07) is 41.8. The third kappa shape index (κ3) is 4.18. The van der Waals surface area contributed by atoms with E-state index in [0.29, 0.717) is 0 Å². The summed E-state index contributed by atoms with van der Waals surface area (Å²) in [6.45, 7) is 0. The summed E-state index contributed by atoms with van der Waals surface area (Å²) < 4.78 is 6.72. The Morgan fingerprint density at radius 2 is 0.943 bits per heavy atom. The Bertz CT molecular complexity index is 1420. The van der Waals surface area contributed by atoms with Crippen molar-refractivity contribution in [1.29, 1.82) is 0 Å². The maximum Gasteiger partial charge on any atom is 0.207 e. The van der Waals surface area contributed by atoms with E-state index < -0.39 is 0 Å². The monoisotopic (exact) mass is 469 g/mol. The molecule has 0 fully saturated rings. The lowest BCUT2D eigenvalue weighted by Gasteiger charge is -2.12. The minimum Gasteiger partial charge on any atom is -0.429 e. The lowest BCUT2D eigenvalue weighted by atomic mass is 9.98. The summed E-state index contributed by atoms with van der Waals surface area (Å²) in [5.74, 6) is 0.744. The van der Waals surface area contributed by atoms with Crippen molar-refractivity contribution < 1.29 is 4.74 Å². The van der Waals surface area contributed by atoms with Crippen molar-refractivity contribution >= 4 is 11.3 Å². The van der Waals surface area contributed by atoms with Gasteiger partial charge in [0.15, 0.2) is 5.06 Å². The second-order valence-electron chi connectivity index (χ2n) is 8.28. The molecule has 0 radical (unpaired) electrons. The third-order valence-electron chi connectivity index (χ3n) is 6.09. The molecule has 0 saturated carbocycles. The predicted molar refractivity (Wildman–Crippen MR) is 147 cm³/mol. The van der Waals surface area contributed by atoms with E-state index in [0.717, 1.165) is 44.3 Å². The molecule has 0 bridgehead atoms. The molecule has 168 valence electrons. The fraction of sp³-hybridized carbons (Fsp3) is 0. The SMILES string of the molecule is c1ccc(-c2c[nH]c(Oc3scc(-c4ccccc4)c3-c3ccccc3)c2-c2ccccc2)cc1. The van der Waals surface area contributed by atoms with Gasteiger partial charge in [-0.3, -0.25) is 0 Å². The standard InChI is InChI=1S/C32H23NOS/c1-5-13-23(14-6-1)27-21-33-31(29(27)25-17-9-3-10-18-25)34-32-30(26-19-11-4-12-20-26)28(22-35-32)24-15-7-2-8-16-24/h1-22,33H. The maximum atomic E-state index is 6.72. The van der Waals surface area contributed by atoms with Crippen LogP contribution in [0.4, 0.5) is 0 Å². The van der Waals surface area contributed by atoms with Gasteiger partial charge in [0.05, 0.1) is 5.56 Å². The number of thiophene rings is 1. The van der Waals surface area contributed by atoms with Gasteiger partial charge in [-0.2, -0.15) is 0 Å². The van der Waals surface area contributed by atoms with Gasteiger partial charge in [0.1, 0.15) is 0 Å². The third-order valence-corrected chi connectivity index (χ3v) is 6.95. The summed E-state index contributed by atoms with van der Waals surface area (Å²) in [7, 11) is 0. The van der Waals surface area contributed by atoms with Crippen molar-refractivity contribution in [3.05, 3.63) is 133 Å². The van der Waals surface area contributed by atoms with Gasteiger partial charge in [-0.05, 0) is 22.3 Å². The first-order valence-electron chi connectivity index (χ1n) is 11.6. The van der Waals surface area contributed by atoms with Crippen LogP contribution in [-0.4, -0.2) is 4.98 Å². The number of nitrogens with one attached hydrogen (secondary N) is 1. The lowest BCUT2D eigenvalue weighted by molar-refractivity contribution is 0.483. The molecule has 0 aliphatic rings. The van der Waals surface area contributed by atoms with Crippen molar-refractivity contribution in [1.82, 2.24) is 4.98 Å². The van der Waals surface area contributed by atoms with Gasteiger partial charge in [0.25, 0.3) is 0 Å². The summed E-state index contributed by atoms with van der Waals surface area (Å²) in [5.41, 5.74) is 9.04. The smallest absolute Gasteiger partial charge is 0.207 e. The van der Waals surface area contributed by atoms with Gasteiger partial charge in [-0.15, -0.1) is 11.3 Å². The molecule has 0 aliphatic carbocycles. The summed E-state index contributed by atoms with van der Waals surface area (Å²) in [6.07, 6.45) is 2.04. The number of aromatic amines is 1. The molecule has 6 rings (SSSR count). The predicted octanol–water partition coefficient (Wildman–Crippen LogP) is 9.54. The molecule has 2 nitrogen and oxygen atoms in total. The van der Waals surface area contributed by atoms with E-state index in [4.69, 9.17) is 4.74 Å². The van der Waals surface area contributed by atoms with Gasteiger partial charge >= 0.3 is 0 Å². The van der Waals surface area contributed by atoms with Crippen molar-refractivity contribution in [3.63, 3.8) is 0 Å². The Hall–Kier alpha value is -4.34. The lowest BCUT2D eigenvalue weighted by Crippen LogP contribution is -1.89. The average Bonchev–Trinajstić information content (AvgIpc) is 3.55. The molecule has 0 atom stereocenters. The molecule has 0 aliphatic heterocycles. The molecule has 4 aromatic carbocycles. The molecule has 0 spiro atoms. The van der Waals surface area contributed by atoms with Crippen molar-refractivity contribution in [2.24, 2.45) is 0 Å². The first kappa shape index (κ1) is 21.2. The number of hydrogen-bond acceptors (Lipinski definition) is 2. The molecule has 6 aromatic rings. The van der Waals surface area contributed by atoms with Crippen LogP contribution in [0.2, 0.25) is 0 Å². The van der Waals surface area contributed by atoms with Crippen molar-refractivity contribution in [2.45, 2.75) is 0 Å². The molecule has 2 aromatic heterocycles. The Kier molecular flexibility index (Phi) is 5.75. The molecule has 0 saturated heterocycles. The zero-order valence-electron chi connectivity index (χ0n) is 19.0. The molecule has 0 unspecified atom stereocenters. The normalized spacial score (nSPS) is 10.9. The van der Waals surface area contributed by atoms with Crippen LogP contribution in [0.5, 0.6) is 10.9 Å². The fourth-order valence-electron chi connectivity index (χ4n) is 4.44. The highest BCUT2D eigenvalue weighted by atomic mass is 32.1. The second kappa shape index (κ2) is 9.49. The Morgan fingerprint density at radius 3 is 1.49 bits per heavy atom. The van der Waals surface area contributed by atoms with Crippen molar-refractivity contribution in [3.8, 4) is 55.5 Å². The van der Waals surface area contributed by atoms with Gasteiger partial charge < -0.3 is 9.72 Å². The van der Waals surface area contributed by atoms with Gasteiger partial charge in [0.2, 0.25) is 5.88 Å². The van der Waals surface area contributed by atoms with Crippen molar-refractivity contribution in [2.75, 3.05) is 0 Å². The van der Waals surface area contributed by atoms with E-state index in [1.165, 1.54) is 11.1 Å². The molecule has 35 heavy (non-hydrogen) atoms. The number of benzene rings is 4. The van der Waals surface area contributed by atoms with E-state index in [-0.39, 0.29) is 0 Å². The topological polar surface area (TPSA) is 25.0 Å². The zero-order chi connectivity index (χ0) is 23.5. The fourth-order valence-corrected chi connectivity index (χ4v) is 5.39. The van der Waals surface area contributed by atoms with Crippen LogP contribution in [0.1, 0.15) is 0 Å². The molecular weight excluding hydrogens is 446 g/mol. The quantitative estimate of drug-likeness (QED) is 0.258. The van der Waals surface area contributed by atoms with E-state index in [9.17, 15) is 0 Å². The minimum absolute atomic E-state index is 0.744. The van der Waals surface area contributed by atoms with Crippen LogP contribution in [0.25, 0.3) is 44.5 Å². The largest absolute Gasteiger partial charge is 0.429 e. The van der Waals surface area contributed by atoms with Crippen LogP contribution in [0, 0.1) is 0 Å². The van der Waals surface area contributed by atoms with Gasteiger partial charge in [-0.1, -0.05) is 121 Å². The summed E-state index contributed by atoms with van der Waals surface area (Å²) >= 11 is 1.63. The van der Waals surface area contributed by atoms with Crippen LogP contribution in [0.3, 0.4) is 0 Å². The Morgan fingerprint density at radius 1 is 0.486 bits per heavy atom. The number of ether oxygens (including phenoxy) is 1. The molecule has 3 heteroatoms. The van der Waals surface area contributed by atoms with E-state index in [1.807, 2.05) is 30.5 Å². The first-order valence-corrected chi connectivity index (χ1v) is 12.5. The molecular formula is C32H23NOS. The van der Waals surface area contributed by atoms with Crippen LogP contribution in [-0.2, 0) is 0 Å². The van der Waals surface area contributed by atoms with E-state index >= 15 is 0 Å². The molecule has 2 heterocycles. The van der Waals surface area contributed by atoms with E-state index in [2.05, 4.69) is 107 Å². The highest BCUT2D eigenvalue weighted by molar-refractivity contribution is 7.13. The first-order chi connectivity index (χ1) is 17.4. The van der Waals surface area contributed by atoms with Gasteiger partial charge in [0, 0.05) is 28.3 Å². The second-order valence-corrected chi connectivity index (χ2v) is 9.13. The van der Waals surface area contributed by atoms with E-state index in [1.54, 1.807) is 11.3 Å². The number of rotatable bonds is 6. The Balaban J connectivity index is 1.50. The summed E-state index contributed by atoms with van der Waals surface area (Å²) in [4.78, 5) is 3.43. The summed E-state index contributed by atoms with van der Waals surface area (Å²) in [5, 5.41) is 3.06. The average molecular weight is 470 g/mol. The molecule has 1 N–H and O–H groups in total. The number of aromatic nitrogens is 1. The zero-order valence-corrected chi connectivity index (χ0v) is 19.8. The van der Waals surface area contributed by atoms with Crippen LogP contribution < -0.4 is 4.74 Å². The highest BCUT2D eigenvalue weighted by Crippen LogP contribution is 2.48. The number of H-pyrrole nitrogens is 1. The maximum absolute atomic E-state index is 6.72. The van der Waals surface area contributed by atoms with Crippen LogP contribution in [0.15, 0.2) is 133 Å². The highest BCUT2D eigenvalue weighted by Gasteiger charge is 2.21.